The maximum absolute atomic E-state index is 14.4. The summed E-state index contributed by atoms with van der Waals surface area (Å²) in [6, 6.07) is 4.72. The number of anilines is 2. The second kappa shape index (κ2) is 9.60. The highest BCUT2D eigenvalue weighted by atomic mass is 19.1. The van der Waals surface area contributed by atoms with Gasteiger partial charge in [-0.2, -0.15) is 0 Å². The lowest BCUT2D eigenvalue weighted by molar-refractivity contribution is -0.119. The van der Waals surface area contributed by atoms with Crippen LogP contribution < -0.4 is 15.1 Å². The first-order chi connectivity index (χ1) is 13.0. The van der Waals surface area contributed by atoms with Crippen molar-refractivity contribution >= 4 is 23.4 Å². The summed E-state index contributed by atoms with van der Waals surface area (Å²) in [7, 11) is 0. The molecule has 2 heterocycles. The molecule has 3 rings (SSSR count). The van der Waals surface area contributed by atoms with E-state index in [4.69, 9.17) is 20.5 Å². The summed E-state index contributed by atoms with van der Waals surface area (Å²) in [5, 5.41) is 2.61. The van der Waals surface area contributed by atoms with Crippen molar-refractivity contribution in [3.63, 3.8) is 0 Å². The highest BCUT2D eigenvalue weighted by Crippen LogP contribution is 2.28. The average Bonchev–Trinajstić information content (AvgIpc) is 3.02. The molecule has 1 aromatic carbocycles. The van der Waals surface area contributed by atoms with E-state index in [0.717, 1.165) is 0 Å². The third-order valence-corrected chi connectivity index (χ3v) is 4.05. The summed E-state index contributed by atoms with van der Waals surface area (Å²) < 4.78 is 24.9. The van der Waals surface area contributed by atoms with E-state index in [2.05, 4.69) is 5.32 Å². The van der Waals surface area contributed by atoms with Crippen LogP contribution in [0.15, 0.2) is 18.2 Å². The fourth-order valence-corrected chi connectivity index (χ4v) is 2.82. The van der Waals surface area contributed by atoms with Crippen molar-refractivity contribution in [1.29, 1.82) is 0 Å². The highest BCUT2D eigenvalue weighted by Gasteiger charge is 2.32. The predicted molar refractivity (Wildman–Crippen MR) is 95.8 cm³/mol. The molecule has 11 heteroatoms. The van der Waals surface area contributed by atoms with Gasteiger partial charge in [-0.1, -0.05) is 0 Å². The molecule has 2 aliphatic heterocycles. The van der Waals surface area contributed by atoms with E-state index in [1.165, 1.54) is 22.8 Å². The zero-order valence-corrected chi connectivity index (χ0v) is 14.8. The molecule has 0 saturated carbocycles. The molecule has 2 amide bonds. The number of rotatable bonds is 4. The number of ether oxygens (including phenoxy) is 2. The van der Waals surface area contributed by atoms with E-state index >= 15 is 0 Å². The Kier molecular flexibility index (Phi) is 7.21. The average molecular weight is 379 g/mol. The van der Waals surface area contributed by atoms with Gasteiger partial charge in [-0.15, -0.1) is 0 Å². The molecule has 0 bridgehead atoms. The third-order valence-electron chi connectivity index (χ3n) is 4.05. The Morgan fingerprint density at radius 2 is 2.04 bits per heavy atom. The molecule has 0 unspecified atom stereocenters. The largest absolute Gasteiger partial charge is 0.442 e. The van der Waals surface area contributed by atoms with Crippen molar-refractivity contribution in [1.82, 2.24) is 5.32 Å². The van der Waals surface area contributed by atoms with Crippen LogP contribution in [0, 0.1) is 5.82 Å². The molecule has 10 nitrogen and oxygen atoms in total. The summed E-state index contributed by atoms with van der Waals surface area (Å²) in [6.07, 6.45) is -0.979. The summed E-state index contributed by atoms with van der Waals surface area (Å²) in [5.41, 5.74) is 14.4. The molecule has 2 aliphatic rings. The second-order valence-electron chi connectivity index (χ2n) is 5.88. The Balaban J connectivity index is 0.000000817. The van der Waals surface area contributed by atoms with Gasteiger partial charge in [0.1, 0.15) is 11.9 Å². The monoisotopic (exact) mass is 379 g/mol. The van der Waals surface area contributed by atoms with Crippen LogP contribution in [0.1, 0.15) is 6.92 Å². The Bertz CT molecular complexity index is 719. The Hall–Kier alpha value is -3.04. The second-order valence-corrected chi connectivity index (χ2v) is 5.88. The Morgan fingerprint density at radius 1 is 1.37 bits per heavy atom. The fourth-order valence-electron chi connectivity index (χ4n) is 2.82. The molecule has 1 N–H and O–H groups in total. The van der Waals surface area contributed by atoms with E-state index in [1.807, 2.05) is 4.90 Å². The minimum absolute atomic E-state index is 0.189. The predicted octanol–water partition coefficient (Wildman–Crippen LogP) is 1.99. The van der Waals surface area contributed by atoms with E-state index in [9.17, 15) is 14.0 Å². The third kappa shape index (κ3) is 5.47. The SMILES string of the molecule is CC(=O)NC[C@H]1CN(c2ccc(N3CCOCC3)c(F)c2)C(=O)O1.[N-]=[N+]=[N-]. The summed E-state index contributed by atoms with van der Waals surface area (Å²) in [4.78, 5) is 27.7. The smallest absolute Gasteiger partial charge is 0.414 e. The zero-order chi connectivity index (χ0) is 19.8. The van der Waals surface area contributed by atoms with E-state index in [1.54, 1.807) is 12.1 Å². The molecule has 2 fully saturated rings. The van der Waals surface area contributed by atoms with Gasteiger partial charge in [0.15, 0.2) is 0 Å². The maximum Gasteiger partial charge on any atom is 0.414 e. The quantitative estimate of drug-likeness (QED) is 0.486. The minimum Gasteiger partial charge on any atom is -0.442 e. The lowest BCUT2D eigenvalue weighted by atomic mass is 10.2. The Labute approximate surface area is 155 Å². The number of halogens is 1. The number of nitrogens with zero attached hydrogens (tertiary/aromatic N) is 5. The molecule has 0 aliphatic carbocycles. The van der Waals surface area contributed by atoms with Gasteiger partial charge in [0, 0.05) is 20.0 Å². The van der Waals surface area contributed by atoms with Crippen LogP contribution in [-0.4, -0.2) is 57.5 Å². The van der Waals surface area contributed by atoms with Gasteiger partial charge in [-0.05, 0) is 18.2 Å². The van der Waals surface area contributed by atoms with E-state index in [-0.39, 0.29) is 24.8 Å². The van der Waals surface area contributed by atoms with Gasteiger partial charge >= 0.3 is 6.09 Å². The molecular weight excluding hydrogens is 359 g/mol. The molecule has 2 saturated heterocycles. The lowest BCUT2D eigenvalue weighted by Crippen LogP contribution is -2.36. The number of hydrogen-bond acceptors (Lipinski definition) is 5. The van der Waals surface area contributed by atoms with Crippen molar-refractivity contribution in [3.8, 4) is 0 Å². The number of nitrogens with one attached hydrogen (secondary N) is 1. The van der Waals surface area contributed by atoms with Gasteiger partial charge in [-0.3, -0.25) is 14.6 Å². The minimum atomic E-state index is -0.538. The number of cyclic esters (lactones) is 1. The van der Waals surface area contributed by atoms with Crippen LogP contribution in [0.5, 0.6) is 0 Å². The standard InChI is InChI=1S/C16H20FN3O4.N3/c1-11(21)18-9-13-10-20(16(22)24-13)12-2-3-15(14(17)8-12)19-4-6-23-7-5-19;1-3-2/h2-3,8,13H,4-7,9-10H2,1H3,(H,18,21);/q;-1/t13-;/m0./s1. The number of hydrogen-bond donors (Lipinski definition) is 1. The molecular formula is C16H20FN6O4-. The molecule has 0 aromatic heterocycles. The summed E-state index contributed by atoms with van der Waals surface area (Å²) >= 11 is 0. The number of carbonyl (C=O) groups is 2. The normalized spacial score (nSPS) is 18.9. The summed E-state index contributed by atoms with van der Waals surface area (Å²) in [5.74, 6) is -0.571. The Morgan fingerprint density at radius 3 is 2.63 bits per heavy atom. The van der Waals surface area contributed by atoms with Crippen LogP contribution in [0.25, 0.3) is 16.0 Å². The van der Waals surface area contributed by atoms with E-state index in [0.29, 0.717) is 37.7 Å². The first-order valence-electron chi connectivity index (χ1n) is 8.29. The van der Waals surface area contributed by atoms with Crippen LogP contribution >= 0.6 is 0 Å². The molecule has 146 valence electrons. The van der Waals surface area contributed by atoms with Gasteiger partial charge in [0.05, 0.1) is 37.7 Å². The lowest BCUT2D eigenvalue weighted by Gasteiger charge is -2.29. The van der Waals surface area contributed by atoms with Crippen molar-refractivity contribution in [2.24, 2.45) is 0 Å². The van der Waals surface area contributed by atoms with Gasteiger partial charge < -0.3 is 30.8 Å². The van der Waals surface area contributed by atoms with Crippen molar-refractivity contribution < 1.29 is 23.5 Å². The van der Waals surface area contributed by atoms with Crippen LogP contribution in [-0.2, 0) is 14.3 Å². The first kappa shape index (κ1) is 20.3. The van der Waals surface area contributed by atoms with Gasteiger partial charge in [0.25, 0.3) is 0 Å². The van der Waals surface area contributed by atoms with Crippen molar-refractivity contribution in [3.05, 3.63) is 40.0 Å². The number of morpholine rings is 1. The van der Waals surface area contributed by atoms with Crippen molar-refractivity contribution in [2.75, 3.05) is 49.2 Å². The molecule has 1 atom stereocenters. The molecule has 0 spiro atoms. The molecule has 0 radical (unpaired) electrons. The molecule has 27 heavy (non-hydrogen) atoms. The zero-order valence-electron chi connectivity index (χ0n) is 14.8. The van der Waals surface area contributed by atoms with Crippen LogP contribution in [0.4, 0.5) is 20.6 Å². The van der Waals surface area contributed by atoms with Gasteiger partial charge in [0.2, 0.25) is 5.91 Å². The van der Waals surface area contributed by atoms with Crippen molar-refractivity contribution in [2.45, 2.75) is 13.0 Å². The number of amides is 2. The van der Waals surface area contributed by atoms with Crippen LogP contribution in [0.2, 0.25) is 0 Å². The number of carbonyl (C=O) groups excluding carboxylic acids is 2. The fraction of sp³-hybridized carbons (Fsp3) is 0.500. The van der Waals surface area contributed by atoms with Crippen LogP contribution in [0.3, 0.4) is 0 Å². The maximum atomic E-state index is 14.4. The topological polar surface area (TPSA) is 130 Å². The van der Waals surface area contributed by atoms with Gasteiger partial charge in [-0.25, -0.2) is 9.18 Å². The molecule has 1 aromatic rings. The first-order valence-corrected chi connectivity index (χ1v) is 8.29. The summed E-state index contributed by atoms with van der Waals surface area (Å²) in [6.45, 7) is 4.34. The number of benzene rings is 1. The highest BCUT2D eigenvalue weighted by molar-refractivity contribution is 5.90. The van der Waals surface area contributed by atoms with E-state index < -0.39 is 12.2 Å².